The van der Waals surface area contributed by atoms with Crippen molar-refractivity contribution in [2.75, 3.05) is 34.0 Å². The monoisotopic (exact) mass is 729 g/mol. The lowest BCUT2D eigenvalue weighted by Crippen LogP contribution is -2.40. The van der Waals surface area contributed by atoms with Crippen LogP contribution in [0.5, 0.6) is 11.5 Å². The molecule has 4 aromatic rings. The van der Waals surface area contributed by atoms with Gasteiger partial charge in [0.15, 0.2) is 11.0 Å². The van der Waals surface area contributed by atoms with Gasteiger partial charge in [-0.15, -0.1) is 0 Å². The number of nitrogens with one attached hydrogen (secondary N) is 2. The number of benzene rings is 3. The second-order valence-corrected chi connectivity index (χ2v) is 12.2. The number of hydrogen-bond donors (Lipinski definition) is 3. The number of carbonyl (C=O) groups excluding carboxylic acids is 1. The van der Waals surface area contributed by atoms with E-state index in [0.717, 1.165) is 16.7 Å². The standard InChI is InChI=1S/C36H38F3N3O8S/c1-22-20-42(34(51)41-31(22)44)32-30(48-19-7-18-40-33(45)36(37,38)39)29(43)28(50-32)21-49-35(23-8-5-4-6-9-23,24-10-14-26(46-2)15-11-24)25-12-16-27(47-3)17-13-25/h4-6,8-17,20,28-30,32,43H,7,18-19,21H2,1-3H3,(H,40,45)(H,41,44,51)/t28-,29-,30-,32-/m1/s1. The second-order valence-electron chi connectivity index (χ2n) is 11.8. The largest absolute Gasteiger partial charge is 0.497 e. The molecule has 1 saturated heterocycles. The Morgan fingerprint density at radius 1 is 0.961 bits per heavy atom. The number of amides is 1. The van der Waals surface area contributed by atoms with Crippen LogP contribution in [0.4, 0.5) is 13.2 Å². The van der Waals surface area contributed by atoms with Gasteiger partial charge in [-0.1, -0.05) is 54.6 Å². The fourth-order valence-electron chi connectivity index (χ4n) is 5.91. The van der Waals surface area contributed by atoms with Gasteiger partial charge >= 0.3 is 12.1 Å². The second kappa shape index (κ2) is 16.2. The fourth-order valence-corrected chi connectivity index (χ4v) is 6.16. The predicted octanol–water partition coefficient (Wildman–Crippen LogP) is 4.95. The van der Waals surface area contributed by atoms with Crippen LogP contribution in [-0.2, 0) is 24.6 Å². The number of H-pyrrole nitrogens is 1. The molecular formula is C36H38F3N3O8S. The number of methoxy groups -OCH3 is 2. The molecule has 3 aromatic carbocycles. The summed E-state index contributed by atoms with van der Waals surface area (Å²) >= 11 is 5.42. The molecule has 0 saturated carbocycles. The van der Waals surface area contributed by atoms with Crippen molar-refractivity contribution >= 4 is 18.1 Å². The number of alkyl halides is 3. The number of aliphatic hydroxyl groups is 1. The Morgan fingerprint density at radius 2 is 1.53 bits per heavy atom. The number of carbonyl (C=O) groups is 1. The number of halogens is 3. The third-order valence-corrected chi connectivity index (χ3v) is 8.86. The summed E-state index contributed by atoms with van der Waals surface area (Å²) in [5.74, 6) is -0.787. The first-order valence-electron chi connectivity index (χ1n) is 16.0. The van der Waals surface area contributed by atoms with Crippen LogP contribution in [0.25, 0.3) is 0 Å². The van der Waals surface area contributed by atoms with Gasteiger partial charge in [0.2, 0.25) is 0 Å². The van der Waals surface area contributed by atoms with Gasteiger partial charge in [-0.25, -0.2) is 0 Å². The zero-order chi connectivity index (χ0) is 36.8. The van der Waals surface area contributed by atoms with Crippen molar-refractivity contribution in [2.24, 2.45) is 0 Å². The van der Waals surface area contributed by atoms with E-state index >= 15 is 0 Å². The Balaban J connectivity index is 1.48. The number of aromatic amines is 1. The van der Waals surface area contributed by atoms with Crippen molar-refractivity contribution in [2.45, 2.75) is 49.7 Å². The number of ether oxygens (including phenoxy) is 5. The zero-order valence-corrected chi connectivity index (χ0v) is 28.8. The van der Waals surface area contributed by atoms with Gasteiger partial charge in [0.1, 0.15) is 35.4 Å². The summed E-state index contributed by atoms with van der Waals surface area (Å²) in [6.07, 6.45) is -8.03. The van der Waals surface area contributed by atoms with E-state index in [1.807, 2.05) is 78.9 Å². The lowest BCUT2D eigenvalue weighted by Gasteiger charge is -2.37. The minimum atomic E-state index is -5.01. The molecule has 0 radical (unpaired) electrons. The molecule has 11 nitrogen and oxygen atoms in total. The first kappa shape index (κ1) is 37.7. The summed E-state index contributed by atoms with van der Waals surface area (Å²) < 4.78 is 69.5. The normalized spacial score (nSPS) is 19.1. The van der Waals surface area contributed by atoms with E-state index in [1.165, 1.54) is 10.8 Å². The number of aliphatic hydroxyl groups excluding tert-OH is 1. The molecule has 51 heavy (non-hydrogen) atoms. The van der Waals surface area contributed by atoms with E-state index in [4.69, 9.17) is 35.9 Å². The predicted molar refractivity (Wildman–Crippen MR) is 182 cm³/mol. The quantitative estimate of drug-likeness (QED) is 0.0937. The van der Waals surface area contributed by atoms with Crippen molar-refractivity contribution in [1.82, 2.24) is 14.9 Å². The average molecular weight is 730 g/mol. The van der Waals surface area contributed by atoms with E-state index in [1.54, 1.807) is 26.5 Å². The van der Waals surface area contributed by atoms with Crippen LogP contribution < -0.4 is 20.3 Å². The van der Waals surface area contributed by atoms with Crippen molar-refractivity contribution in [1.29, 1.82) is 0 Å². The molecular weight excluding hydrogens is 691 g/mol. The smallest absolute Gasteiger partial charge is 0.471 e. The average Bonchev–Trinajstić information content (AvgIpc) is 3.44. The van der Waals surface area contributed by atoms with Gasteiger partial charge in [0.05, 0.1) is 20.8 Å². The highest BCUT2D eigenvalue weighted by atomic mass is 32.1. The Hall–Kier alpha value is -4.54. The maximum Gasteiger partial charge on any atom is 0.471 e. The minimum absolute atomic E-state index is 0.00103. The maximum absolute atomic E-state index is 12.6. The molecule has 15 heteroatoms. The van der Waals surface area contributed by atoms with Crippen LogP contribution in [0.1, 0.15) is 34.9 Å². The molecule has 4 atom stereocenters. The van der Waals surface area contributed by atoms with Crippen molar-refractivity contribution in [3.63, 3.8) is 0 Å². The summed E-state index contributed by atoms with van der Waals surface area (Å²) in [6, 6.07) is 24.3. The van der Waals surface area contributed by atoms with E-state index in [2.05, 4.69) is 4.98 Å². The third-order valence-electron chi connectivity index (χ3n) is 8.54. The van der Waals surface area contributed by atoms with Gasteiger partial charge in [-0.3, -0.25) is 19.1 Å². The number of aryl methyl sites for hydroxylation is 1. The van der Waals surface area contributed by atoms with E-state index in [0.29, 0.717) is 17.1 Å². The molecule has 1 aliphatic rings. The van der Waals surface area contributed by atoms with Gasteiger partial charge in [0, 0.05) is 24.9 Å². The molecule has 1 amide bonds. The van der Waals surface area contributed by atoms with Crippen LogP contribution in [0, 0.1) is 11.7 Å². The molecule has 5 rings (SSSR count). The Morgan fingerprint density at radius 3 is 2.08 bits per heavy atom. The highest BCUT2D eigenvalue weighted by Gasteiger charge is 2.48. The molecule has 2 heterocycles. The summed E-state index contributed by atoms with van der Waals surface area (Å²) in [4.78, 5) is 26.1. The Labute approximate surface area is 296 Å². The SMILES string of the molecule is COc1ccc(C(OC[C@H]2O[C@@H](n3cc(C)c(=O)[nH]c3=S)[C@H](OCCCNC(=O)C(F)(F)F)[C@@H]2O)(c2ccccc2)c2ccc(OC)cc2)cc1. The van der Waals surface area contributed by atoms with Gasteiger partial charge in [-0.2, -0.15) is 13.2 Å². The third kappa shape index (κ3) is 8.34. The molecule has 1 fully saturated rings. The van der Waals surface area contributed by atoms with Crippen LogP contribution in [0.3, 0.4) is 0 Å². The lowest BCUT2D eigenvalue weighted by atomic mass is 9.80. The highest BCUT2D eigenvalue weighted by molar-refractivity contribution is 7.71. The van der Waals surface area contributed by atoms with Crippen molar-refractivity contribution < 1.29 is 46.8 Å². The van der Waals surface area contributed by atoms with Crippen LogP contribution >= 0.6 is 12.2 Å². The lowest BCUT2D eigenvalue weighted by molar-refractivity contribution is -0.173. The summed E-state index contributed by atoms with van der Waals surface area (Å²) in [5, 5.41) is 13.5. The highest BCUT2D eigenvalue weighted by Crippen LogP contribution is 2.43. The Bertz CT molecular complexity index is 1840. The fraction of sp³-hybridized carbons (Fsp3) is 0.361. The zero-order valence-electron chi connectivity index (χ0n) is 28.0. The van der Waals surface area contributed by atoms with E-state index in [9.17, 15) is 27.9 Å². The van der Waals surface area contributed by atoms with E-state index < -0.39 is 47.8 Å². The molecule has 0 unspecified atom stereocenters. The first-order valence-corrected chi connectivity index (χ1v) is 16.4. The van der Waals surface area contributed by atoms with Crippen LogP contribution in [0.15, 0.2) is 89.9 Å². The molecule has 0 bridgehead atoms. The molecule has 1 aromatic heterocycles. The maximum atomic E-state index is 12.6. The first-order chi connectivity index (χ1) is 24.4. The van der Waals surface area contributed by atoms with Crippen LogP contribution in [0.2, 0.25) is 0 Å². The van der Waals surface area contributed by atoms with Crippen molar-refractivity contribution in [3.05, 3.63) is 122 Å². The van der Waals surface area contributed by atoms with Crippen LogP contribution in [-0.4, -0.2) is 79.0 Å². The number of hydrogen-bond acceptors (Lipinski definition) is 9. The van der Waals surface area contributed by atoms with Gasteiger partial charge in [0.25, 0.3) is 5.56 Å². The molecule has 272 valence electrons. The molecule has 3 N–H and O–H groups in total. The number of aromatic nitrogens is 2. The summed E-state index contributed by atoms with van der Waals surface area (Å²) in [7, 11) is 3.14. The Kier molecular flexibility index (Phi) is 12.0. The summed E-state index contributed by atoms with van der Waals surface area (Å²) in [5.41, 5.74) is 0.943. The molecule has 0 spiro atoms. The van der Waals surface area contributed by atoms with Crippen molar-refractivity contribution in [3.8, 4) is 11.5 Å². The topological polar surface area (TPSA) is 133 Å². The van der Waals surface area contributed by atoms with Gasteiger partial charge < -0.3 is 34.1 Å². The van der Waals surface area contributed by atoms with E-state index in [-0.39, 0.29) is 31.0 Å². The summed E-state index contributed by atoms with van der Waals surface area (Å²) in [6.45, 7) is 0.934. The molecule has 0 aliphatic carbocycles. The number of nitrogens with zero attached hydrogens (tertiary/aromatic N) is 1. The minimum Gasteiger partial charge on any atom is -0.497 e. The molecule has 1 aliphatic heterocycles. The number of rotatable bonds is 14. The van der Waals surface area contributed by atoms with Gasteiger partial charge in [-0.05, 0) is 66.5 Å².